The molecule has 0 spiro atoms. The number of nitrogens with one attached hydrogen (secondary N) is 1. The van der Waals surface area contributed by atoms with Crippen molar-refractivity contribution < 1.29 is 13.9 Å². The van der Waals surface area contributed by atoms with Gasteiger partial charge in [0.2, 0.25) is 5.91 Å². The number of rotatable bonds is 7. The number of nitrogens with zero attached hydrogens (tertiary/aromatic N) is 1. The Balaban J connectivity index is 1.75. The smallest absolute Gasteiger partial charge is 0.245 e. The van der Waals surface area contributed by atoms with E-state index in [1.807, 2.05) is 38.1 Å². The molecule has 1 aliphatic rings. The molecular formula is C28H29Cl2FN2O2. The van der Waals surface area contributed by atoms with Crippen molar-refractivity contribution in [3.63, 3.8) is 0 Å². The van der Waals surface area contributed by atoms with Gasteiger partial charge in [-0.3, -0.25) is 9.69 Å². The van der Waals surface area contributed by atoms with E-state index in [-0.39, 0.29) is 17.0 Å². The van der Waals surface area contributed by atoms with Crippen LogP contribution in [0.5, 0.6) is 5.75 Å². The van der Waals surface area contributed by atoms with Crippen molar-refractivity contribution in [2.24, 2.45) is 0 Å². The molecule has 3 aromatic rings. The van der Waals surface area contributed by atoms with Crippen LogP contribution in [0.4, 0.5) is 10.1 Å². The molecule has 0 bridgehead atoms. The molecule has 4 nitrogen and oxygen atoms in total. The summed E-state index contributed by atoms with van der Waals surface area (Å²) in [5.74, 6) is -0.340. The van der Waals surface area contributed by atoms with Gasteiger partial charge < -0.3 is 10.1 Å². The first kappa shape index (κ1) is 25.5. The fourth-order valence-corrected chi connectivity index (χ4v) is 5.48. The molecule has 1 fully saturated rings. The first-order valence-electron chi connectivity index (χ1n) is 11.7. The van der Waals surface area contributed by atoms with Crippen molar-refractivity contribution in [2.75, 3.05) is 11.9 Å². The summed E-state index contributed by atoms with van der Waals surface area (Å²) in [7, 11) is 0. The summed E-state index contributed by atoms with van der Waals surface area (Å²) in [5, 5.41) is 3.60. The second-order valence-electron chi connectivity index (χ2n) is 9.10. The number of benzene rings is 3. The van der Waals surface area contributed by atoms with Crippen molar-refractivity contribution in [1.82, 2.24) is 4.90 Å². The van der Waals surface area contributed by atoms with Gasteiger partial charge in [-0.15, -0.1) is 0 Å². The molecule has 1 saturated heterocycles. The third-order valence-electron chi connectivity index (χ3n) is 6.85. The van der Waals surface area contributed by atoms with Gasteiger partial charge in [0.25, 0.3) is 0 Å². The van der Waals surface area contributed by atoms with Gasteiger partial charge in [0, 0.05) is 29.2 Å². The van der Waals surface area contributed by atoms with Gasteiger partial charge in [-0.05, 0) is 74.7 Å². The average Bonchev–Trinajstić information content (AvgIpc) is 3.07. The zero-order valence-corrected chi connectivity index (χ0v) is 21.5. The van der Waals surface area contributed by atoms with E-state index < -0.39 is 17.3 Å². The summed E-state index contributed by atoms with van der Waals surface area (Å²) in [5.41, 5.74) is 0.983. The highest BCUT2D eigenvalue weighted by Crippen LogP contribution is 2.48. The van der Waals surface area contributed by atoms with Gasteiger partial charge in [-0.1, -0.05) is 53.5 Å². The molecule has 1 N–H and O–H groups in total. The number of anilines is 1. The van der Waals surface area contributed by atoms with E-state index in [9.17, 15) is 4.79 Å². The van der Waals surface area contributed by atoms with Crippen LogP contribution in [0.1, 0.15) is 44.2 Å². The van der Waals surface area contributed by atoms with E-state index in [0.717, 1.165) is 11.3 Å². The minimum atomic E-state index is -1.06. The van der Waals surface area contributed by atoms with Crippen LogP contribution < -0.4 is 10.1 Å². The van der Waals surface area contributed by atoms with Crippen molar-refractivity contribution in [2.45, 2.75) is 51.2 Å². The van der Waals surface area contributed by atoms with Crippen molar-refractivity contribution in [3.05, 3.63) is 93.7 Å². The van der Waals surface area contributed by atoms with Crippen LogP contribution in [0.3, 0.4) is 0 Å². The van der Waals surface area contributed by atoms with Crippen LogP contribution in [0.2, 0.25) is 10.0 Å². The lowest BCUT2D eigenvalue weighted by molar-refractivity contribution is -0.127. The number of halogens is 3. The lowest BCUT2D eigenvalue weighted by atomic mass is 9.79. The topological polar surface area (TPSA) is 41.6 Å². The molecule has 1 unspecified atom stereocenters. The second-order valence-corrected chi connectivity index (χ2v) is 9.94. The average molecular weight is 515 g/mol. The molecule has 1 heterocycles. The minimum absolute atomic E-state index is 0.00393. The largest absolute Gasteiger partial charge is 0.494 e. The van der Waals surface area contributed by atoms with Crippen LogP contribution in [0.25, 0.3) is 0 Å². The van der Waals surface area contributed by atoms with Gasteiger partial charge >= 0.3 is 0 Å². The molecule has 0 saturated carbocycles. The van der Waals surface area contributed by atoms with Crippen molar-refractivity contribution in [3.8, 4) is 5.75 Å². The number of carbonyl (C=O) groups is 1. The lowest BCUT2D eigenvalue weighted by Crippen LogP contribution is -2.55. The highest BCUT2D eigenvalue weighted by atomic mass is 35.5. The zero-order valence-electron chi connectivity index (χ0n) is 20.0. The maximum atomic E-state index is 15.2. The van der Waals surface area contributed by atoms with Crippen LogP contribution in [-0.2, 0) is 11.3 Å². The fourth-order valence-electron chi connectivity index (χ4n) is 5.10. The van der Waals surface area contributed by atoms with Gasteiger partial charge in [-0.25, -0.2) is 4.39 Å². The highest BCUT2D eigenvalue weighted by Gasteiger charge is 2.54. The van der Waals surface area contributed by atoms with Crippen LogP contribution in [-0.4, -0.2) is 29.0 Å². The predicted octanol–water partition coefficient (Wildman–Crippen LogP) is 7.31. The minimum Gasteiger partial charge on any atom is -0.494 e. The first-order chi connectivity index (χ1) is 16.7. The molecule has 3 aromatic carbocycles. The normalized spacial score (nSPS) is 22.2. The Morgan fingerprint density at radius 2 is 1.89 bits per heavy atom. The Labute approximate surface area is 216 Å². The third-order valence-corrected chi connectivity index (χ3v) is 7.37. The quantitative estimate of drug-likeness (QED) is 0.359. The van der Waals surface area contributed by atoms with E-state index in [2.05, 4.69) is 17.1 Å². The number of ether oxygens (including phenoxy) is 1. The molecule has 1 amide bonds. The predicted molar refractivity (Wildman–Crippen MR) is 140 cm³/mol. The molecule has 0 aromatic heterocycles. The molecule has 184 valence electrons. The van der Waals surface area contributed by atoms with Crippen molar-refractivity contribution >= 4 is 34.8 Å². The molecule has 1 aliphatic heterocycles. The second kappa shape index (κ2) is 10.6. The third kappa shape index (κ3) is 5.18. The molecule has 3 atom stereocenters. The Morgan fingerprint density at radius 3 is 2.63 bits per heavy atom. The summed E-state index contributed by atoms with van der Waals surface area (Å²) in [6, 6.07) is 19.9. The van der Waals surface area contributed by atoms with E-state index in [1.165, 1.54) is 6.07 Å². The number of amides is 1. The van der Waals surface area contributed by atoms with Gasteiger partial charge in [-0.2, -0.15) is 0 Å². The lowest BCUT2D eigenvalue weighted by Gasteiger charge is -2.39. The number of hydrogen-bond donors (Lipinski definition) is 1. The van der Waals surface area contributed by atoms with E-state index >= 15 is 4.39 Å². The summed E-state index contributed by atoms with van der Waals surface area (Å²) in [6.07, 6.45) is 0.599. The van der Waals surface area contributed by atoms with Crippen LogP contribution in [0.15, 0.2) is 66.7 Å². The fraction of sp³-hybridized carbons (Fsp3) is 0.321. The SMILES string of the molecule is CCOc1cccc(CN2[C@@H](C)CC(c3cccc(Cl)c3F)[C@]2(C)C(=O)Nc2cccc(Cl)c2)c1. The van der Waals surface area contributed by atoms with Gasteiger partial charge in [0.15, 0.2) is 0 Å². The zero-order chi connectivity index (χ0) is 25.2. The summed E-state index contributed by atoms with van der Waals surface area (Å²) in [6.45, 7) is 6.96. The summed E-state index contributed by atoms with van der Waals surface area (Å²) >= 11 is 12.3. The molecule has 35 heavy (non-hydrogen) atoms. The number of likely N-dealkylation sites (tertiary alicyclic amines) is 1. The summed E-state index contributed by atoms with van der Waals surface area (Å²) in [4.78, 5) is 16.1. The highest BCUT2D eigenvalue weighted by molar-refractivity contribution is 6.31. The Bertz CT molecular complexity index is 1220. The Morgan fingerprint density at radius 1 is 1.14 bits per heavy atom. The van der Waals surface area contributed by atoms with Crippen LogP contribution in [0, 0.1) is 5.82 Å². The Hall–Kier alpha value is -2.60. The van der Waals surface area contributed by atoms with E-state index in [1.54, 1.807) is 36.4 Å². The van der Waals surface area contributed by atoms with Gasteiger partial charge in [0.05, 0.1) is 11.6 Å². The molecular weight excluding hydrogens is 486 g/mol. The number of hydrogen-bond acceptors (Lipinski definition) is 3. The molecule has 0 radical (unpaired) electrons. The summed E-state index contributed by atoms with van der Waals surface area (Å²) < 4.78 is 20.9. The molecule has 4 rings (SSSR count). The first-order valence-corrected chi connectivity index (χ1v) is 12.5. The maximum absolute atomic E-state index is 15.2. The number of carbonyl (C=O) groups excluding carboxylic acids is 1. The van der Waals surface area contributed by atoms with E-state index in [0.29, 0.717) is 35.8 Å². The van der Waals surface area contributed by atoms with E-state index in [4.69, 9.17) is 27.9 Å². The Kier molecular flexibility index (Phi) is 7.70. The standard InChI is InChI=1S/C28H29Cl2FN2O2/c1-4-35-22-11-5-8-19(15-22)17-33-18(2)14-24(23-12-7-13-25(30)26(23)31)28(33,3)27(34)32-21-10-6-9-20(29)16-21/h5-13,15-16,18,24H,4,14,17H2,1-3H3,(H,32,34)/t18-,24?,28+/m0/s1. The van der Waals surface area contributed by atoms with Crippen LogP contribution >= 0.6 is 23.2 Å². The monoisotopic (exact) mass is 514 g/mol. The van der Waals surface area contributed by atoms with Crippen molar-refractivity contribution in [1.29, 1.82) is 0 Å². The van der Waals surface area contributed by atoms with Gasteiger partial charge in [0.1, 0.15) is 17.1 Å². The maximum Gasteiger partial charge on any atom is 0.245 e. The molecule has 7 heteroatoms. The molecule has 0 aliphatic carbocycles.